The van der Waals surface area contributed by atoms with Crippen LogP contribution in [0.4, 0.5) is 5.82 Å². The van der Waals surface area contributed by atoms with Crippen LogP contribution >= 0.6 is 33.9 Å². The van der Waals surface area contributed by atoms with Gasteiger partial charge in [-0.15, -0.1) is 11.3 Å². The fourth-order valence-corrected chi connectivity index (χ4v) is 2.78. The second-order valence-corrected chi connectivity index (χ2v) is 6.52. The Hall–Kier alpha value is -0.760. The lowest BCUT2D eigenvalue weighted by molar-refractivity contribution is 0.632. The van der Waals surface area contributed by atoms with E-state index in [1.165, 1.54) is 0 Å². The molecule has 0 saturated carbocycles. The lowest BCUT2D eigenvalue weighted by Crippen LogP contribution is -2.07. The highest BCUT2D eigenvalue weighted by atomic mass is 127. The number of halogens is 1. The first-order valence-electron chi connectivity index (χ1n) is 5.71. The lowest BCUT2D eigenvalue weighted by Gasteiger charge is -2.09. The van der Waals surface area contributed by atoms with E-state index in [1.807, 2.05) is 12.3 Å². The maximum Gasteiger partial charge on any atom is 0.190 e. The quantitative estimate of drug-likeness (QED) is 0.838. The van der Waals surface area contributed by atoms with Crippen LogP contribution in [0.25, 0.3) is 10.8 Å². The van der Waals surface area contributed by atoms with Gasteiger partial charge in [-0.2, -0.15) is 0 Å². The van der Waals surface area contributed by atoms with Crippen molar-refractivity contribution in [2.75, 3.05) is 5.73 Å². The van der Waals surface area contributed by atoms with Crippen molar-refractivity contribution in [3.05, 3.63) is 20.3 Å². The first-order valence-corrected chi connectivity index (χ1v) is 7.67. The number of nitrogens with zero attached hydrogens (tertiary/aromatic N) is 3. The van der Waals surface area contributed by atoms with Crippen molar-refractivity contribution in [1.29, 1.82) is 0 Å². The molecule has 2 aromatic rings. The number of thiazole rings is 1. The fraction of sp³-hybridized carbons (Fsp3) is 0.417. The largest absolute Gasteiger partial charge is 0.383 e. The molecule has 0 aromatic carbocycles. The highest BCUT2D eigenvalue weighted by Gasteiger charge is 2.14. The van der Waals surface area contributed by atoms with Gasteiger partial charge in [0.15, 0.2) is 10.8 Å². The molecule has 0 bridgehead atoms. The molecule has 2 rings (SSSR count). The number of nitrogens with two attached hydrogens (primary N) is 1. The van der Waals surface area contributed by atoms with Crippen LogP contribution in [0.2, 0.25) is 0 Å². The van der Waals surface area contributed by atoms with Crippen molar-refractivity contribution in [2.24, 2.45) is 5.92 Å². The van der Waals surface area contributed by atoms with Gasteiger partial charge in [-0.25, -0.2) is 15.0 Å². The summed E-state index contributed by atoms with van der Waals surface area (Å²) in [5.74, 6) is 1.73. The van der Waals surface area contributed by atoms with Crippen molar-refractivity contribution in [1.82, 2.24) is 15.0 Å². The number of aromatic nitrogens is 3. The molecule has 96 valence electrons. The Balaban J connectivity index is 2.46. The molecule has 0 amide bonds. The maximum atomic E-state index is 5.96. The Morgan fingerprint density at radius 1 is 1.33 bits per heavy atom. The van der Waals surface area contributed by atoms with E-state index in [0.29, 0.717) is 17.6 Å². The molecule has 0 radical (unpaired) electrons. The van der Waals surface area contributed by atoms with E-state index in [0.717, 1.165) is 26.4 Å². The molecule has 0 atom stereocenters. The van der Waals surface area contributed by atoms with Gasteiger partial charge in [0.25, 0.3) is 0 Å². The number of rotatable bonds is 3. The molecule has 0 aliphatic rings. The third-order valence-corrected chi connectivity index (χ3v) is 4.49. The Labute approximate surface area is 124 Å². The number of hydrogen-bond acceptors (Lipinski definition) is 5. The predicted molar refractivity (Wildman–Crippen MR) is 83.5 cm³/mol. The molecular weight excluding hydrogens is 359 g/mol. The molecule has 0 aliphatic heterocycles. The molecule has 0 fully saturated rings. The normalized spacial score (nSPS) is 11.2. The van der Waals surface area contributed by atoms with Gasteiger partial charge in [0.05, 0.1) is 9.26 Å². The average Bonchev–Trinajstić information content (AvgIpc) is 2.70. The molecule has 0 spiro atoms. The highest BCUT2D eigenvalue weighted by molar-refractivity contribution is 14.1. The number of aryl methyl sites for hydroxylation is 1. The van der Waals surface area contributed by atoms with Crippen LogP contribution < -0.4 is 5.73 Å². The Kier molecular flexibility index (Phi) is 4.16. The maximum absolute atomic E-state index is 5.96. The third-order valence-electron chi connectivity index (χ3n) is 2.36. The summed E-state index contributed by atoms with van der Waals surface area (Å²) in [5, 5.41) is 2.83. The fourth-order valence-electron chi connectivity index (χ4n) is 1.59. The molecule has 2 aromatic heterocycles. The standard InChI is InChI=1S/C12H15IN4S/c1-6(2)4-8-9(13)10(14)17-11(16-8)12-15-7(3)5-18-12/h5-6H,4H2,1-3H3,(H2,14,16,17). The van der Waals surface area contributed by atoms with Gasteiger partial charge in [0.1, 0.15) is 5.82 Å². The minimum absolute atomic E-state index is 0.540. The predicted octanol–water partition coefficient (Wildman–Crippen LogP) is 3.29. The van der Waals surface area contributed by atoms with Gasteiger partial charge in [-0.05, 0) is 41.9 Å². The molecule has 18 heavy (non-hydrogen) atoms. The second-order valence-electron chi connectivity index (χ2n) is 4.59. The van der Waals surface area contributed by atoms with Gasteiger partial charge >= 0.3 is 0 Å². The number of anilines is 1. The first-order chi connectivity index (χ1) is 8.47. The van der Waals surface area contributed by atoms with Crippen molar-refractivity contribution in [3.8, 4) is 10.8 Å². The van der Waals surface area contributed by atoms with E-state index in [1.54, 1.807) is 11.3 Å². The van der Waals surface area contributed by atoms with Crippen LogP contribution in [0, 0.1) is 16.4 Å². The Morgan fingerprint density at radius 2 is 2.06 bits per heavy atom. The summed E-state index contributed by atoms with van der Waals surface area (Å²) in [6, 6.07) is 0. The van der Waals surface area contributed by atoms with E-state index in [4.69, 9.17) is 5.73 Å². The van der Waals surface area contributed by atoms with Crippen molar-refractivity contribution < 1.29 is 0 Å². The SMILES string of the molecule is Cc1csc(-c2nc(N)c(I)c(CC(C)C)n2)n1. The summed E-state index contributed by atoms with van der Waals surface area (Å²) in [6.07, 6.45) is 0.905. The first kappa shape index (κ1) is 13.7. The van der Waals surface area contributed by atoms with Crippen LogP contribution in [0.5, 0.6) is 0 Å². The highest BCUT2D eigenvalue weighted by Crippen LogP contribution is 2.25. The Morgan fingerprint density at radius 3 is 2.61 bits per heavy atom. The van der Waals surface area contributed by atoms with E-state index in [-0.39, 0.29) is 0 Å². The summed E-state index contributed by atoms with van der Waals surface area (Å²) in [4.78, 5) is 13.3. The molecule has 2 heterocycles. The number of nitrogen functional groups attached to an aromatic ring is 1. The van der Waals surface area contributed by atoms with Crippen LogP contribution in [0.15, 0.2) is 5.38 Å². The van der Waals surface area contributed by atoms with Crippen molar-refractivity contribution in [2.45, 2.75) is 27.2 Å². The molecule has 0 aliphatic carbocycles. The van der Waals surface area contributed by atoms with E-state index >= 15 is 0 Å². The second kappa shape index (κ2) is 5.48. The lowest BCUT2D eigenvalue weighted by atomic mass is 10.1. The van der Waals surface area contributed by atoms with Gasteiger partial charge in [0, 0.05) is 11.1 Å². The Bertz CT molecular complexity index is 565. The molecular formula is C12H15IN4S. The van der Waals surface area contributed by atoms with Crippen molar-refractivity contribution >= 4 is 39.7 Å². The van der Waals surface area contributed by atoms with Gasteiger partial charge in [-0.1, -0.05) is 13.8 Å². The minimum atomic E-state index is 0.540. The van der Waals surface area contributed by atoms with Crippen LogP contribution in [-0.4, -0.2) is 15.0 Å². The molecule has 6 heteroatoms. The minimum Gasteiger partial charge on any atom is -0.383 e. The van der Waals surface area contributed by atoms with Crippen LogP contribution in [0.3, 0.4) is 0 Å². The summed E-state index contributed by atoms with van der Waals surface area (Å²) in [7, 11) is 0. The van der Waals surface area contributed by atoms with E-state index in [2.05, 4.69) is 51.4 Å². The molecule has 4 nitrogen and oxygen atoms in total. The summed E-state index contributed by atoms with van der Waals surface area (Å²) in [5.41, 5.74) is 7.96. The zero-order valence-corrected chi connectivity index (χ0v) is 13.5. The summed E-state index contributed by atoms with van der Waals surface area (Å²) < 4.78 is 0.957. The van der Waals surface area contributed by atoms with E-state index in [9.17, 15) is 0 Å². The smallest absolute Gasteiger partial charge is 0.190 e. The topological polar surface area (TPSA) is 64.7 Å². The third kappa shape index (κ3) is 2.97. The zero-order valence-electron chi connectivity index (χ0n) is 10.6. The van der Waals surface area contributed by atoms with Crippen LogP contribution in [0.1, 0.15) is 25.2 Å². The zero-order chi connectivity index (χ0) is 13.3. The van der Waals surface area contributed by atoms with Gasteiger partial charge in [-0.3, -0.25) is 0 Å². The van der Waals surface area contributed by atoms with E-state index < -0.39 is 0 Å². The molecule has 0 unspecified atom stereocenters. The monoisotopic (exact) mass is 374 g/mol. The van der Waals surface area contributed by atoms with Gasteiger partial charge < -0.3 is 5.73 Å². The number of hydrogen-bond donors (Lipinski definition) is 1. The van der Waals surface area contributed by atoms with Crippen LogP contribution in [-0.2, 0) is 6.42 Å². The molecule has 0 saturated heterocycles. The van der Waals surface area contributed by atoms with Gasteiger partial charge in [0.2, 0.25) is 0 Å². The summed E-state index contributed by atoms with van der Waals surface area (Å²) >= 11 is 3.76. The average molecular weight is 374 g/mol. The summed E-state index contributed by atoms with van der Waals surface area (Å²) in [6.45, 7) is 6.30. The van der Waals surface area contributed by atoms with Crippen molar-refractivity contribution in [3.63, 3.8) is 0 Å². The molecule has 2 N–H and O–H groups in total.